The van der Waals surface area contributed by atoms with E-state index in [-0.39, 0.29) is 5.82 Å². The first kappa shape index (κ1) is 18.5. The minimum Gasteiger partial charge on any atom is -0.353 e. The van der Waals surface area contributed by atoms with Crippen LogP contribution in [0.4, 0.5) is 4.39 Å². The molecule has 4 heterocycles. The highest BCUT2D eigenvalue weighted by atomic mass is 19.1. The van der Waals surface area contributed by atoms with Crippen molar-refractivity contribution >= 4 is 21.8 Å². The van der Waals surface area contributed by atoms with E-state index in [4.69, 9.17) is 0 Å². The average molecular weight is 422 g/mol. The third-order valence-electron chi connectivity index (χ3n) is 6.01. The molecule has 0 fully saturated rings. The fraction of sp³-hybridized carbons (Fsp3) is 0.0800. The second-order valence-corrected chi connectivity index (χ2v) is 7.87. The molecule has 156 valence electrons. The van der Waals surface area contributed by atoms with Gasteiger partial charge in [-0.2, -0.15) is 5.10 Å². The van der Waals surface area contributed by atoms with Crippen LogP contribution in [-0.2, 0) is 7.05 Å². The van der Waals surface area contributed by atoms with E-state index in [0.29, 0.717) is 5.56 Å². The summed E-state index contributed by atoms with van der Waals surface area (Å²) in [5, 5.41) is 9.52. The van der Waals surface area contributed by atoms with Gasteiger partial charge in [-0.1, -0.05) is 30.3 Å². The lowest BCUT2D eigenvalue weighted by atomic mass is 10.0. The molecule has 7 heteroatoms. The number of benzene rings is 2. The first-order valence-electron chi connectivity index (χ1n) is 10.3. The van der Waals surface area contributed by atoms with Gasteiger partial charge < -0.3 is 9.55 Å². The summed E-state index contributed by atoms with van der Waals surface area (Å²) in [6.45, 7) is 1.96. The Labute approximate surface area is 182 Å². The summed E-state index contributed by atoms with van der Waals surface area (Å²) < 4.78 is 16.5. The number of H-pyrrole nitrogens is 2. The number of rotatable bonds is 3. The summed E-state index contributed by atoms with van der Waals surface area (Å²) in [6.07, 6.45) is 3.61. The number of pyridine rings is 1. The maximum Gasteiger partial charge on any atom is 0.131 e. The molecule has 2 N–H and O–H groups in total. The number of aromatic nitrogens is 6. The molecule has 6 rings (SSSR count). The SMILES string of the molecule is Cc1ncc(-c2cc3c(-c4cc5c(-c6ccccc6F)cccc5[nH]4)n[nH]c3cn2)n1C. The van der Waals surface area contributed by atoms with Crippen molar-refractivity contribution in [1.29, 1.82) is 0 Å². The van der Waals surface area contributed by atoms with Crippen molar-refractivity contribution < 1.29 is 4.39 Å². The monoisotopic (exact) mass is 422 g/mol. The van der Waals surface area contributed by atoms with Crippen molar-refractivity contribution in [3.05, 3.63) is 78.6 Å². The maximum atomic E-state index is 14.5. The van der Waals surface area contributed by atoms with Crippen molar-refractivity contribution in [2.45, 2.75) is 6.92 Å². The molecule has 32 heavy (non-hydrogen) atoms. The Balaban J connectivity index is 1.53. The van der Waals surface area contributed by atoms with Crippen LogP contribution < -0.4 is 0 Å². The van der Waals surface area contributed by atoms with Gasteiger partial charge in [-0.25, -0.2) is 9.37 Å². The van der Waals surface area contributed by atoms with Gasteiger partial charge in [0.25, 0.3) is 0 Å². The van der Waals surface area contributed by atoms with E-state index < -0.39 is 0 Å². The zero-order chi connectivity index (χ0) is 21.8. The van der Waals surface area contributed by atoms with Gasteiger partial charge in [-0.15, -0.1) is 0 Å². The number of nitrogens with one attached hydrogen (secondary N) is 2. The van der Waals surface area contributed by atoms with Crippen molar-refractivity contribution in [3.63, 3.8) is 0 Å². The number of aromatic amines is 2. The largest absolute Gasteiger partial charge is 0.353 e. The van der Waals surface area contributed by atoms with Gasteiger partial charge in [0, 0.05) is 28.9 Å². The number of hydrogen-bond acceptors (Lipinski definition) is 3. The average Bonchev–Trinajstić information content (AvgIpc) is 3.50. The van der Waals surface area contributed by atoms with E-state index in [1.165, 1.54) is 6.07 Å². The van der Waals surface area contributed by atoms with Crippen LogP contribution >= 0.6 is 0 Å². The molecule has 4 aromatic heterocycles. The lowest BCUT2D eigenvalue weighted by Crippen LogP contribution is -1.95. The highest BCUT2D eigenvalue weighted by molar-refractivity contribution is 6.01. The quantitative estimate of drug-likeness (QED) is 0.389. The number of aryl methyl sites for hydroxylation is 1. The predicted molar refractivity (Wildman–Crippen MR) is 124 cm³/mol. The minimum absolute atomic E-state index is 0.241. The third kappa shape index (κ3) is 2.75. The topological polar surface area (TPSA) is 75.2 Å². The van der Waals surface area contributed by atoms with Crippen molar-refractivity contribution in [3.8, 4) is 33.9 Å². The molecular formula is C25H19FN6. The van der Waals surface area contributed by atoms with Gasteiger partial charge in [0.05, 0.1) is 35.0 Å². The summed E-state index contributed by atoms with van der Waals surface area (Å²) in [4.78, 5) is 12.4. The molecule has 0 amide bonds. The van der Waals surface area contributed by atoms with Gasteiger partial charge in [-0.3, -0.25) is 10.1 Å². The van der Waals surface area contributed by atoms with Crippen LogP contribution in [0.2, 0.25) is 0 Å². The third-order valence-corrected chi connectivity index (χ3v) is 6.01. The molecule has 6 nitrogen and oxygen atoms in total. The first-order chi connectivity index (χ1) is 15.6. The first-order valence-corrected chi connectivity index (χ1v) is 10.3. The van der Waals surface area contributed by atoms with Gasteiger partial charge in [0.2, 0.25) is 0 Å². The second-order valence-electron chi connectivity index (χ2n) is 7.87. The smallest absolute Gasteiger partial charge is 0.131 e. The zero-order valence-electron chi connectivity index (χ0n) is 17.5. The zero-order valence-corrected chi connectivity index (χ0v) is 17.5. The van der Waals surface area contributed by atoms with Gasteiger partial charge in [0.1, 0.15) is 17.3 Å². The van der Waals surface area contributed by atoms with E-state index >= 15 is 0 Å². The molecule has 6 aromatic rings. The van der Waals surface area contributed by atoms with Gasteiger partial charge in [-0.05, 0) is 36.8 Å². The fourth-order valence-corrected chi connectivity index (χ4v) is 4.20. The van der Waals surface area contributed by atoms with E-state index in [9.17, 15) is 4.39 Å². The number of nitrogens with zero attached hydrogens (tertiary/aromatic N) is 4. The summed E-state index contributed by atoms with van der Waals surface area (Å²) in [7, 11) is 1.97. The summed E-state index contributed by atoms with van der Waals surface area (Å²) in [5.41, 5.74) is 6.60. The molecule has 0 aliphatic carbocycles. The van der Waals surface area contributed by atoms with Crippen LogP contribution in [0.5, 0.6) is 0 Å². The van der Waals surface area contributed by atoms with E-state index in [0.717, 1.165) is 56.0 Å². The van der Waals surface area contributed by atoms with E-state index in [1.54, 1.807) is 18.3 Å². The molecule has 0 unspecified atom stereocenters. The molecule has 0 radical (unpaired) electrons. The van der Waals surface area contributed by atoms with E-state index in [1.807, 2.05) is 61.1 Å². The van der Waals surface area contributed by atoms with E-state index in [2.05, 4.69) is 25.1 Å². The summed E-state index contributed by atoms with van der Waals surface area (Å²) in [6, 6.07) is 16.7. The lowest BCUT2D eigenvalue weighted by Gasteiger charge is -2.04. The highest BCUT2D eigenvalue weighted by Crippen LogP contribution is 2.35. The molecule has 2 aromatic carbocycles. The van der Waals surface area contributed by atoms with Crippen LogP contribution in [0, 0.1) is 12.7 Å². The molecule has 0 bridgehead atoms. The number of hydrogen-bond donors (Lipinski definition) is 2. The minimum atomic E-state index is -0.241. The molecule has 0 spiro atoms. The van der Waals surface area contributed by atoms with Crippen LogP contribution in [-0.4, -0.2) is 29.7 Å². The Morgan fingerprint density at radius 3 is 2.53 bits per heavy atom. The Kier molecular flexibility index (Phi) is 3.98. The molecule has 0 saturated carbocycles. The fourth-order valence-electron chi connectivity index (χ4n) is 4.20. The maximum absolute atomic E-state index is 14.5. The van der Waals surface area contributed by atoms with Crippen molar-refractivity contribution in [2.24, 2.45) is 7.05 Å². The Hall–Kier alpha value is -4.26. The summed E-state index contributed by atoms with van der Waals surface area (Å²) >= 11 is 0. The Morgan fingerprint density at radius 2 is 1.72 bits per heavy atom. The molecule has 0 atom stereocenters. The van der Waals surface area contributed by atoms with Gasteiger partial charge in [0.15, 0.2) is 0 Å². The summed E-state index contributed by atoms with van der Waals surface area (Å²) in [5.74, 6) is 0.681. The Bertz CT molecular complexity index is 1620. The predicted octanol–water partition coefficient (Wildman–Crippen LogP) is 5.62. The van der Waals surface area contributed by atoms with Crippen LogP contribution in [0.25, 0.3) is 55.7 Å². The highest BCUT2D eigenvalue weighted by Gasteiger charge is 2.16. The standard InChI is InChI=1S/C25H19FN6/c1-14-27-13-24(32(14)2)21-11-18-23(12-28-21)30-31-25(18)22-10-17-15(7-5-9-20(17)29-22)16-6-3-4-8-19(16)26/h3-13,29H,1-2H3,(H,30,31). The van der Waals surface area contributed by atoms with Crippen LogP contribution in [0.1, 0.15) is 5.82 Å². The molecule has 0 saturated heterocycles. The van der Waals surface area contributed by atoms with Crippen LogP contribution in [0.15, 0.2) is 67.0 Å². The lowest BCUT2D eigenvalue weighted by molar-refractivity contribution is 0.631. The normalized spacial score (nSPS) is 11.6. The molecule has 0 aliphatic rings. The second kappa shape index (κ2) is 6.88. The Morgan fingerprint density at radius 1 is 0.875 bits per heavy atom. The van der Waals surface area contributed by atoms with Gasteiger partial charge >= 0.3 is 0 Å². The van der Waals surface area contributed by atoms with Crippen molar-refractivity contribution in [2.75, 3.05) is 0 Å². The molecular weight excluding hydrogens is 403 g/mol. The number of fused-ring (bicyclic) bond motifs is 2. The number of halogens is 1. The van der Waals surface area contributed by atoms with Crippen LogP contribution in [0.3, 0.4) is 0 Å². The molecule has 0 aliphatic heterocycles. The number of imidazole rings is 1. The van der Waals surface area contributed by atoms with Crippen molar-refractivity contribution in [1.82, 2.24) is 29.7 Å².